The monoisotopic (exact) mass is 803 g/mol. The number of nitrogens with zero attached hydrogens (tertiary/aromatic N) is 3. The van der Waals surface area contributed by atoms with E-state index in [1.54, 1.807) is 54.0 Å². The van der Waals surface area contributed by atoms with Gasteiger partial charge in [0.1, 0.15) is 29.7 Å². The number of carbonyl (C=O) groups excluding carboxylic acids is 4. The lowest BCUT2D eigenvalue weighted by Gasteiger charge is -2.43. The molecule has 12 nitrogen and oxygen atoms in total. The molecule has 296 valence electrons. The number of pyridine rings is 1. The summed E-state index contributed by atoms with van der Waals surface area (Å²) in [5.74, 6) is -1.36. The Kier molecular flexibility index (Phi) is 11.9. The van der Waals surface area contributed by atoms with Crippen molar-refractivity contribution in [2.45, 2.75) is 95.5 Å². The minimum Gasteiger partial charge on any atom is -0.465 e. The zero-order valence-electron chi connectivity index (χ0n) is 31.7. The van der Waals surface area contributed by atoms with Gasteiger partial charge in [0.15, 0.2) is 0 Å². The van der Waals surface area contributed by atoms with Crippen molar-refractivity contribution in [1.29, 1.82) is 0 Å². The fourth-order valence-corrected chi connectivity index (χ4v) is 11.0. The van der Waals surface area contributed by atoms with Crippen molar-refractivity contribution in [3.8, 4) is 5.75 Å². The summed E-state index contributed by atoms with van der Waals surface area (Å²) in [5, 5.41) is 6.63. The van der Waals surface area contributed by atoms with Gasteiger partial charge in [-0.2, -0.15) is 0 Å². The standard InChI is InChI=1S/C41H47FN5O7PS/c1-4-19-53-41(51)26(3)45-55(52,54-31-10-6-5-7-11-31)24-27-13-16-35-28(20-27)21-36(56-35)38(48)44-33-12-8-9-30-14-15-34(47(30)39(33)49)40(50)46-22-29(23-46)37-25(2)43-18-17-32(37)42/h5-7,10-11,13,16-18,20-21,26,29-30,33-34H,4,8-9,12,14-15,19,22-24H2,1-3H3,(H,44,48)(H,45,52)/t26-,30-,33-,34-,55?/m0/s1. The lowest BCUT2D eigenvalue weighted by atomic mass is 9.89. The predicted molar refractivity (Wildman–Crippen MR) is 211 cm³/mol. The smallest absolute Gasteiger partial charge is 0.323 e. The zero-order valence-corrected chi connectivity index (χ0v) is 33.5. The van der Waals surface area contributed by atoms with Crippen molar-refractivity contribution in [3.05, 3.63) is 94.4 Å². The van der Waals surface area contributed by atoms with Crippen LogP contribution in [0.4, 0.5) is 4.39 Å². The van der Waals surface area contributed by atoms with E-state index in [9.17, 15) is 28.1 Å². The second kappa shape index (κ2) is 16.8. The van der Waals surface area contributed by atoms with E-state index in [2.05, 4.69) is 15.4 Å². The summed E-state index contributed by atoms with van der Waals surface area (Å²) in [6.07, 6.45) is 5.28. The van der Waals surface area contributed by atoms with Crippen molar-refractivity contribution in [2.75, 3.05) is 19.7 Å². The van der Waals surface area contributed by atoms with Crippen LogP contribution in [0.25, 0.3) is 10.1 Å². The van der Waals surface area contributed by atoms with Gasteiger partial charge in [-0.15, -0.1) is 11.3 Å². The number of esters is 1. The number of rotatable bonds is 13. The van der Waals surface area contributed by atoms with Crippen LogP contribution in [-0.4, -0.2) is 82.3 Å². The first kappa shape index (κ1) is 39.6. The summed E-state index contributed by atoms with van der Waals surface area (Å²) in [5.41, 5.74) is 1.83. The van der Waals surface area contributed by atoms with Crippen LogP contribution in [-0.2, 0) is 29.8 Å². The van der Waals surface area contributed by atoms with Crippen molar-refractivity contribution < 1.29 is 37.4 Å². The van der Waals surface area contributed by atoms with Crippen LogP contribution in [0.2, 0.25) is 0 Å². The highest BCUT2D eigenvalue weighted by Crippen LogP contribution is 2.47. The Balaban J connectivity index is 1.02. The van der Waals surface area contributed by atoms with Crippen molar-refractivity contribution in [3.63, 3.8) is 0 Å². The van der Waals surface area contributed by atoms with Crippen molar-refractivity contribution in [2.24, 2.45) is 0 Å². The minimum absolute atomic E-state index is 0.0356. The third-order valence-corrected chi connectivity index (χ3v) is 14.0. The molecule has 4 aromatic rings. The molecule has 2 aromatic heterocycles. The van der Waals surface area contributed by atoms with Gasteiger partial charge in [-0.05, 0) is 99.7 Å². The van der Waals surface area contributed by atoms with E-state index in [0.717, 1.165) is 29.3 Å². The number of benzene rings is 2. The molecule has 15 heteroatoms. The molecule has 3 aliphatic heterocycles. The van der Waals surface area contributed by atoms with E-state index in [0.29, 0.717) is 59.8 Å². The second-order valence-electron chi connectivity index (χ2n) is 14.9. The Morgan fingerprint density at radius 1 is 1.05 bits per heavy atom. The average molecular weight is 804 g/mol. The van der Waals surface area contributed by atoms with Gasteiger partial charge in [-0.3, -0.25) is 28.7 Å². The summed E-state index contributed by atoms with van der Waals surface area (Å²) in [4.78, 5) is 62.2. The molecule has 3 fully saturated rings. The highest BCUT2D eigenvalue weighted by molar-refractivity contribution is 7.56. The first-order valence-electron chi connectivity index (χ1n) is 19.3. The number of thiophene rings is 1. The SMILES string of the molecule is CCCOC(=O)[C@H](C)NP(=O)(Cc1ccc2sc(C(=O)N[C@H]3CCC[C@H]4CC[C@@H](C(=O)N5CC(c6c(F)ccnc6C)C5)N4C3=O)cc2c1)Oc1ccccc1. The van der Waals surface area contributed by atoms with Gasteiger partial charge >= 0.3 is 13.5 Å². The number of ether oxygens (including phenoxy) is 1. The van der Waals surface area contributed by atoms with Crippen LogP contribution >= 0.6 is 18.9 Å². The molecule has 56 heavy (non-hydrogen) atoms. The van der Waals surface area contributed by atoms with Crippen LogP contribution in [0.3, 0.4) is 0 Å². The molecule has 2 aromatic carbocycles. The molecule has 2 N–H and O–H groups in total. The first-order chi connectivity index (χ1) is 26.9. The van der Waals surface area contributed by atoms with E-state index >= 15 is 0 Å². The number of nitrogens with one attached hydrogen (secondary N) is 2. The van der Waals surface area contributed by atoms with Gasteiger partial charge in [-0.25, -0.2) is 9.48 Å². The van der Waals surface area contributed by atoms with E-state index in [1.165, 1.54) is 23.6 Å². The van der Waals surface area contributed by atoms with Gasteiger partial charge in [0.2, 0.25) is 11.8 Å². The summed E-state index contributed by atoms with van der Waals surface area (Å²) in [6.45, 7) is 6.25. The molecule has 0 spiro atoms. The summed E-state index contributed by atoms with van der Waals surface area (Å²) in [6, 6.07) is 15.0. The van der Waals surface area contributed by atoms with Gasteiger partial charge in [0, 0.05) is 47.2 Å². The lowest BCUT2D eigenvalue weighted by Crippen LogP contribution is -2.58. The lowest BCUT2D eigenvalue weighted by molar-refractivity contribution is -0.148. The molecule has 5 atom stereocenters. The number of aromatic nitrogens is 1. The molecular formula is C41H47FN5O7PS. The molecule has 3 aliphatic rings. The molecule has 7 rings (SSSR count). The molecular weight excluding hydrogens is 757 g/mol. The number of hydrogen-bond donors (Lipinski definition) is 2. The number of likely N-dealkylation sites (tertiary alicyclic amines) is 1. The maximum atomic E-state index is 14.6. The van der Waals surface area contributed by atoms with Crippen LogP contribution in [0.5, 0.6) is 5.75 Å². The Labute approximate surface area is 329 Å². The third-order valence-electron chi connectivity index (χ3n) is 10.8. The molecule has 3 saturated heterocycles. The number of fused-ring (bicyclic) bond motifs is 2. The third kappa shape index (κ3) is 8.52. The van der Waals surface area contributed by atoms with Gasteiger partial charge in [-0.1, -0.05) is 31.2 Å². The maximum absolute atomic E-state index is 14.6. The highest BCUT2D eigenvalue weighted by Gasteiger charge is 2.48. The fourth-order valence-electron chi connectivity index (χ4n) is 8.03. The number of amides is 3. The normalized spacial score (nSPS) is 21.4. The number of halogens is 1. The van der Waals surface area contributed by atoms with Crippen LogP contribution in [0.15, 0.2) is 66.9 Å². The number of carbonyl (C=O) groups is 4. The quantitative estimate of drug-likeness (QED) is 0.111. The number of hydrogen-bond acceptors (Lipinski definition) is 9. The summed E-state index contributed by atoms with van der Waals surface area (Å²) < 4.78 is 40.9. The number of para-hydroxylation sites is 1. The Morgan fingerprint density at radius 3 is 2.59 bits per heavy atom. The summed E-state index contributed by atoms with van der Waals surface area (Å²) >= 11 is 1.29. The predicted octanol–water partition coefficient (Wildman–Crippen LogP) is 6.72. The molecule has 5 heterocycles. The second-order valence-corrected chi connectivity index (χ2v) is 18.1. The van der Waals surface area contributed by atoms with E-state index in [4.69, 9.17) is 9.26 Å². The molecule has 1 unspecified atom stereocenters. The molecule has 0 bridgehead atoms. The molecule has 0 radical (unpaired) electrons. The van der Waals surface area contributed by atoms with E-state index in [-0.39, 0.29) is 48.3 Å². The van der Waals surface area contributed by atoms with Crippen molar-refractivity contribution >= 4 is 52.6 Å². The molecule has 0 saturated carbocycles. The van der Waals surface area contributed by atoms with E-state index < -0.39 is 31.6 Å². The largest absolute Gasteiger partial charge is 0.465 e. The Morgan fingerprint density at radius 2 is 1.84 bits per heavy atom. The fraction of sp³-hybridized carbons (Fsp3) is 0.439. The Bertz CT molecular complexity index is 2140. The average Bonchev–Trinajstić information content (AvgIpc) is 3.74. The number of aryl methyl sites for hydroxylation is 1. The van der Waals surface area contributed by atoms with Gasteiger partial charge in [0.25, 0.3) is 5.91 Å². The first-order valence-corrected chi connectivity index (χ1v) is 21.9. The van der Waals surface area contributed by atoms with Crippen LogP contribution in [0, 0.1) is 12.7 Å². The topological polar surface area (TPSA) is 147 Å². The zero-order chi connectivity index (χ0) is 39.6. The molecule has 3 amide bonds. The molecule has 0 aliphatic carbocycles. The van der Waals surface area contributed by atoms with Crippen molar-refractivity contribution in [1.82, 2.24) is 25.2 Å². The van der Waals surface area contributed by atoms with Gasteiger partial charge < -0.3 is 24.4 Å². The van der Waals surface area contributed by atoms with Crippen LogP contribution < -0.4 is 14.9 Å². The highest BCUT2D eigenvalue weighted by atomic mass is 32.1. The van der Waals surface area contributed by atoms with Gasteiger partial charge in [0.05, 0.1) is 17.6 Å². The van der Waals surface area contributed by atoms with E-state index in [1.807, 2.05) is 31.2 Å². The summed E-state index contributed by atoms with van der Waals surface area (Å²) in [7, 11) is -3.69. The Hall–Kier alpha value is -4.65. The minimum atomic E-state index is -3.69. The van der Waals surface area contributed by atoms with Crippen LogP contribution in [0.1, 0.15) is 84.8 Å². The maximum Gasteiger partial charge on any atom is 0.323 e.